The Bertz CT molecular complexity index is 1240. The van der Waals surface area contributed by atoms with Gasteiger partial charge in [-0.25, -0.2) is 9.78 Å². The van der Waals surface area contributed by atoms with Crippen molar-refractivity contribution in [3.63, 3.8) is 0 Å². The summed E-state index contributed by atoms with van der Waals surface area (Å²) in [6, 6.07) is 8.71. The molecule has 0 spiro atoms. The van der Waals surface area contributed by atoms with E-state index in [1.807, 2.05) is 13.0 Å². The molecule has 1 aromatic heterocycles. The summed E-state index contributed by atoms with van der Waals surface area (Å²) in [7, 11) is 0. The molecule has 0 N–H and O–H groups in total. The van der Waals surface area contributed by atoms with E-state index in [1.165, 1.54) is 10.9 Å². The minimum absolute atomic E-state index is 0.260. The third-order valence-corrected chi connectivity index (χ3v) is 5.81. The van der Waals surface area contributed by atoms with Crippen molar-refractivity contribution in [3.05, 3.63) is 66.0 Å². The second-order valence-corrected chi connectivity index (χ2v) is 8.91. The molecule has 168 valence electrons. The molecule has 0 fully saturated rings. The number of nitrogens with zero attached hydrogens (tertiary/aromatic N) is 3. The van der Waals surface area contributed by atoms with Crippen molar-refractivity contribution in [1.82, 2.24) is 9.66 Å². The van der Waals surface area contributed by atoms with Gasteiger partial charge >= 0.3 is 5.97 Å². The summed E-state index contributed by atoms with van der Waals surface area (Å²) in [5.74, 6) is 0.366. The maximum Gasteiger partial charge on any atom is 0.347 e. The number of aromatic nitrogens is 2. The lowest BCUT2D eigenvalue weighted by Crippen LogP contribution is -2.26. The second-order valence-electron chi connectivity index (χ2n) is 6.73. The van der Waals surface area contributed by atoms with Gasteiger partial charge in [0.15, 0.2) is 11.9 Å². The molecular weight excluding hydrogens is 566 g/mol. The minimum atomic E-state index is -0.822. The number of benzene rings is 2. The van der Waals surface area contributed by atoms with Gasteiger partial charge in [-0.1, -0.05) is 34.5 Å². The molecule has 3 rings (SSSR count). The van der Waals surface area contributed by atoms with E-state index < -0.39 is 12.1 Å². The Kier molecular flexibility index (Phi) is 8.08. The normalized spacial score (nSPS) is 12.3. The van der Waals surface area contributed by atoms with E-state index in [0.717, 1.165) is 4.47 Å². The summed E-state index contributed by atoms with van der Waals surface area (Å²) in [4.78, 5) is 29.4. The zero-order valence-corrected chi connectivity index (χ0v) is 21.5. The van der Waals surface area contributed by atoms with E-state index >= 15 is 0 Å². The monoisotopic (exact) mass is 583 g/mol. The molecule has 3 aromatic rings. The summed E-state index contributed by atoms with van der Waals surface area (Å²) in [5, 5.41) is 5.10. The van der Waals surface area contributed by atoms with Crippen molar-refractivity contribution < 1.29 is 14.3 Å². The molecule has 2 aromatic carbocycles. The van der Waals surface area contributed by atoms with Crippen molar-refractivity contribution in [3.8, 4) is 5.75 Å². The smallest absolute Gasteiger partial charge is 0.347 e. The number of fused-ring (bicyclic) bond motifs is 1. The van der Waals surface area contributed by atoms with Crippen molar-refractivity contribution in [2.45, 2.75) is 33.3 Å². The molecule has 0 aliphatic carbocycles. The summed E-state index contributed by atoms with van der Waals surface area (Å²) >= 11 is 13.2. The van der Waals surface area contributed by atoms with Crippen molar-refractivity contribution in [2.24, 2.45) is 5.10 Å². The van der Waals surface area contributed by atoms with Gasteiger partial charge < -0.3 is 9.47 Å². The van der Waals surface area contributed by atoms with Crippen LogP contribution in [-0.2, 0) is 16.0 Å². The Balaban J connectivity index is 1.95. The van der Waals surface area contributed by atoms with Crippen molar-refractivity contribution in [1.29, 1.82) is 0 Å². The lowest BCUT2D eigenvalue weighted by molar-refractivity contribution is -0.150. The van der Waals surface area contributed by atoms with Gasteiger partial charge in [-0.05, 0) is 65.7 Å². The molecule has 0 aliphatic heterocycles. The van der Waals surface area contributed by atoms with Gasteiger partial charge in [-0.2, -0.15) is 9.78 Å². The largest absolute Gasteiger partial charge is 0.476 e. The number of rotatable bonds is 7. The third-order valence-electron chi connectivity index (χ3n) is 4.45. The Hall–Kier alpha value is -2.23. The Morgan fingerprint density at radius 2 is 2.03 bits per heavy atom. The summed E-state index contributed by atoms with van der Waals surface area (Å²) in [5.41, 5.74) is 0.976. The Morgan fingerprint density at radius 3 is 2.69 bits per heavy atom. The highest BCUT2D eigenvalue weighted by Crippen LogP contribution is 2.35. The fraction of sp³-hybridized carbons (Fsp3) is 0.273. The molecule has 0 radical (unpaired) electrons. The number of esters is 1. The van der Waals surface area contributed by atoms with Crippen LogP contribution in [0.2, 0.25) is 5.02 Å². The summed E-state index contributed by atoms with van der Waals surface area (Å²) in [6.45, 7) is 5.47. The van der Waals surface area contributed by atoms with Crippen molar-refractivity contribution >= 4 is 66.5 Å². The second kappa shape index (κ2) is 10.6. The SMILES string of the molecule is CCOC(=O)[C@H](C)Oc1c(Cl)cc(C=Nn2c(CC)nc3ccc(Br)cc3c2=O)cc1Br. The summed E-state index contributed by atoms with van der Waals surface area (Å²) < 4.78 is 13.2. The maximum atomic E-state index is 13.0. The molecule has 1 heterocycles. The quantitative estimate of drug-likeness (QED) is 0.276. The molecule has 0 saturated carbocycles. The Morgan fingerprint density at radius 1 is 1.28 bits per heavy atom. The molecule has 0 amide bonds. The van der Waals surface area contributed by atoms with Gasteiger partial charge in [0.25, 0.3) is 5.56 Å². The minimum Gasteiger partial charge on any atom is -0.476 e. The van der Waals surface area contributed by atoms with Gasteiger partial charge in [-0.3, -0.25) is 4.79 Å². The van der Waals surface area contributed by atoms with Gasteiger partial charge in [0.1, 0.15) is 5.82 Å². The first-order valence-corrected chi connectivity index (χ1v) is 11.8. The molecule has 0 bridgehead atoms. The van der Waals surface area contributed by atoms with E-state index in [2.05, 4.69) is 41.9 Å². The van der Waals surface area contributed by atoms with Crippen LogP contribution in [0.1, 0.15) is 32.2 Å². The van der Waals surface area contributed by atoms with Crippen LogP contribution in [0, 0.1) is 0 Å². The third kappa shape index (κ3) is 5.39. The number of hydrogen-bond donors (Lipinski definition) is 0. The predicted octanol–water partition coefficient (Wildman–Crippen LogP) is 5.35. The van der Waals surface area contributed by atoms with Crippen LogP contribution in [0.15, 0.2) is 49.2 Å². The van der Waals surface area contributed by atoms with Crippen LogP contribution in [-0.4, -0.2) is 34.6 Å². The van der Waals surface area contributed by atoms with E-state index in [9.17, 15) is 9.59 Å². The lowest BCUT2D eigenvalue weighted by atomic mass is 10.2. The zero-order valence-electron chi connectivity index (χ0n) is 17.6. The molecule has 0 saturated heterocycles. The van der Waals surface area contributed by atoms with Crippen LogP contribution in [0.4, 0.5) is 0 Å². The molecular formula is C22H20Br2ClN3O4. The standard InChI is InChI=1S/C22H20Br2ClN3O4/c1-4-19-27-18-7-6-14(23)10-15(18)21(29)28(19)26-11-13-8-16(24)20(17(25)9-13)32-12(3)22(30)31-5-2/h6-12H,4-5H2,1-3H3/t12-/m0/s1. The van der Waals surface area contributed by atoms with E-state index in [4.69, 9.17) is 21.1 Å². The molecule has 7 nitrogen and oxygen atoms in total. The lowest BCUT2D eigenvalue weighted by Gasteiger charge is -2.16. The maximum absolute atomic E-state index is 13.0. The topological polar surface area (TPSA) is 82.8 Å². The first kappa shape index (κ1) is 24.4. The first-order chi connectivity index (χ1) is 15.2. The van der Waals surface area contributed by atoms with Gasteiger partial charge in [0.2, 0.25) is 0 Å². The van der Waals surface area contributed by atoms with Crippen LogP contribution in [0.3, 0.4) is 0 Å². The highest BCUT2D eigenvalue weighted by Gasteiger charge is 2.19. The summed E-state index contributed by atoms with van der Waals surface area (Å²) in [6.07, 6.45) is 1.22. The van der Waals surface area contributed by atoms with Crippen LogP contribution in [0.5, 0.6) is 5.75 Å². The van der Waals surface area contributed by atoms with Crippen molar-refractivity contribution in [2.75, 3.05) is 6.61 Å². The number of carbonyl (C=O) groups is 1. The van der Waals surface area contributed by atoms with Crippen LogP contribution in [0.25, 0.3) is 10.9 Å². The van der Waals surface area contributed by atoms with Gasteiger partial charge in [-0.15, -0.1) is 0 Å². The highest BCUT2D eigenvalue weighted by atomic mass is 79.9. The number of aryl methyl sites for hydroxylation is 1. The Labute approximate surface area is 206 Å². The van der Waals surface area contributed by atoms with Crippen LogP contribution >= 0.6 is 43.5 Å². The van der Waals surface area contributed by atoms with Gasteiger partial charge in [0.05, 0.1) is 33.2 Å². The first-order valence-electron chi connectivity index (χ1n) is 9.83. The molecule has 10 heteroatoms. The molecule has 0 aliphatic rings. The number of hydrogen-bond acceptors (Lipinski definition) is 6. The van der Waals surface area contributed by atoms with Gasteiger partial charge in [0, 0.05) is 10.9 Å². The van der Waals surface area contributed by atoms with E-state index in [1.54, 1.807) is 38.1 Å². The average molecular weight is 586 g/mol. The highest BCUT2D eigenvalue weighted by molar-refractivity contribution is 9.10. The molecule has 32 heavy (non-hydrogen) atoms. The number of halogens is 3. The fourth-order valence-electron chi connectivity index (χ4n) is 2.92. The molecule has 1 atom stereocenters. The zero-order chi connectivity index (χ0) is 23.4. The van der Waals surface area contributed by atoms with E-state index in [-0.39, 0.29) is 17.2 Å². The van der Waals surface area contributed by atoms with Crippen LogP contribution < -0.4 is 10.3 Å². The predicted molar refractivity (Wildman–Crippen MR) is 132 cm³/mol. The van der Waals surface area contributed by atoms with E-state index in [0.29, 0.717) is 38.9 Å². The average Bonchev–Trinajstić information content (AvgIpc) is 2.75. The number of carbonyl (C=O) groups excluding carboxylic acids is 1. The number of ether oxygens (including phenoxy) is 2. The molecule has 0 unspecified atom stereocenters. The fourth-order valence-corrected chi connectivity index (χ4v) is 4.24.